The van der Waals surface area contributed by atoms with Crippen LogP contribution in [0.4, 0.5) is 0 Å². The molecule has 0 bridgehead atoms. The smallest absolute Gasteiger partial charge is 0.136 e. The molecule has 0 saturated heterocycles. The molecule has 0 fully saturated rings. The summed E-state index contributed by atoms with van der Waals surface area (Å²) >= 11 is 6.22. The third-order valence-electron chi connectivity index (χ3n) is 2.68. The molecular formula is C13H15ClN2O. The van der Waals surface area contributed by atoms with Gasteiger partial charge >= 0.3 is 0 Å². The van der Waals surface area contributed by atoms with E-state index in [1.54, 1.807) is 4.68 Å². The Balaban J connectivity index is 2.36. The van der Waals surface area contributed by atoms with E-state index < -0.39 is 0 Å². The second-order valence-corrected chi connectivity index (χ2v) is 4.20. The first-order valence-electron chi connectivity index (χ1n) is 5.58. The molecule has 0 atom stereocenters. The Labute approximate surface area is 106 Å². The van der Waals surface area contributed by atoms with E-state index in [1.807, 2.05) is 45.0 Å². The fraction of sp³-hybridized carbons (Fsp3) is 0.308. The summed E-state index contributed by atoms with van der Waals surface area (Å²) in [6.07, 6.45) is 0. The minimum atomic E-state index is 0.659. The fourth-order valence-corrected chi connectivity index (χ4v) is 1.87. The number of hydrogen-bond acceptors (Lipinski definition) is 2. The molecule has 1 aromatic heterocycles. The number of aromatic nitrogens is 2. The first-order valence-corrected chi connectivity index (χ1v) is 5.96. The maximum atomic E-state index is 6.22. The predicted molar refractivity (Wildman–Crippen MR) is 69.2 cm³/mol. The molecule has 90 valence electrons. The summed E-state index contributed by atoms with van der Waals surface area (Å²) in [7, 11) is 0. The monoisotopic (exact) mass is 250 g/mol. The van der Waals surface area contributed by atoms with E-state index in [1.165, 1.54) is 0 Å². The Morgan fingerprint density at radius 3 is 2.35 bits per heavy atom. The molecule has 1 aromatic carbocycles. The number of nitrogens with zero attached hydrogens (tertiary/aromatic N) is 2. The highest BCUT2D eigenvalue weighted by atomic mass is 35.5. The van der Waals surface area contributed by atoms with Crippen LogP contribution in [0.1, 0.15) is 18.2 Å². The first-order chi connectivity index (χ1) is 8.13. The highest BCUT2D eigenvalue weighted by molar-refractivity contribution is 6.30. The number of ether oxygens (including phenoxy) is 1. The minimum absolute atomic E-state index is 0.659. The molecule has 2 rings (SSSR count). The van der Waals surface area contributed by atoms with Gasteiger partial charge in [-0.1, -0.05) is 11.6 Å². The van der Waals surface area contributed by atoms with Crippen molar-refractivity contribution in [2.24, 2.45) is 0 Å². The Bertz CT molecular complexity index is 517. The second-order valence-electron chi connectivity index (χ2n) is 3.84. The minimum Gasteiger partial charge on any atom is -0.494 e. The standard InChI is InChI=1S/C13H15ClN2O/c1-4-17-12-7-5-11(6-8-12)16-13(14)9(2)10(3)15-16/h5-8H,4H2,1-3H3. The molecule has 0 aliphatic rings. The van der Waals surface area contributed by atoms with Gasteiger partial charge in [0, 0.05) is 5.56 Å². The van der Waals surface area contributed by atoms with Crippen molar-refractivity contribution in [3.63, 3.8) is 0 Å². The molecule has 0 unspecified atom stereocenters. The van der Waals surface area contributed by atoms with Crippen molar-refractivity contribution in [3.05, 3.63) is 40.7 Å². The molecule has 0 saturated carbocycles. The summed E-state index contributed by atoms with van der Waals surface area (Å²) in [5.74, 6) is 0.855. The summed E-state index contributed by atoms with van der Waals surface area (Å²) in [4.78, 5) is 0. The fourth-order valence-electron chi connectivity index (χ4n) is 1.60. The van der Waals surface area contributed by atoms with Gasteiger partial charge in [0.1, 0.15) is 10.9 Å². The molecule has 0 amide bonds. The third-order valence-corrected chi connectivity index (χ3v) is 3.12. The van der Waals surface area contributed by atoms with Crippen LogP contribution in [-0.4, -0.2) is 16.4 Å². The van der Waals surface area contributed by atoms with E-state index in [9.17, 15) is 0 Å². The third kappa shape index (κ3) is 2.29. The Kier molecular flexibility index (Phi) is 3.38. The molecule has 0 spiro atoms. The summed E-state index contributed by atoms with van der Waals surface area (Å²) in [6.45, 7) is 6.55. The zero-order chi connectivity index (χ0) is 12.4. The Morgan fingerprint density at radius 2 is 1.88 bits per heavy atom. The summed E-state index contributed by atoms with van der Waals surface area (Å²) in [6, 6.07) is 7.73. The van der Waals surface area contributed by atoms with Crippen molar-refractivity contribution in [2.75, 3.05) is 6.61 Å². The Hall–Kier alpha value is -1.48. The summed E-state index contributed by atoms with van der Waals surface area (Å²) < 4.78 is 7.13. The number of hydrogen-bond donors (Lipinski definition) is 0. The molecule has 1 heterocycles. The van der Waals surface area contributed by atoms with E-state index in [4.69, 9.17) is 16.3 Å². The van der Waals surface area contributed by atoms with Crippen LogP contribution in [0.5, 0.6) is 5.75 Å². The van der Waals surface area contributed by atoms with E-state index in [2.05, 4.69) is 5.10 Å². The van der Waals surface area contributed by atoms with Gasteiger partial charge in [-0.3, -0.25) is 0 Å². The molecule has 0 radical (unpaired) electrons. The molecule has 0 N–H and O–H groups in total. The lowest BCUT2D eigenvalue weighted by Gasteiger charge is -2.06. The van der Waals surface area contributed by atoms with E-state index in [0.717, 1.165) is 22.7 Å². The topological polar surface area (TPSA) is 27.1 Å². The van der Waals surface area contributed by atoms with E-state index in [-0.39, 0.29) is 0 Å². The molecule has 0 aliphatic carbocycles. The van der Waals surface area contributed by atoms with Crippen LogP contribution < -0.4 is 4.74 Å². The van der Waals surface area contributed by atoms with E-state index in [0.29, 0.717) is 11.8 Å². The maximum absolute atomic E-state index is 6.22. The lowest BCUT2D eigenvalue weighted by Crippen LogP contribution is -1.97. The van der Waals surface area contributed by atoms with Gasteiger partial charge in [-0.25, -0.2) is 4.68 Å². The van der Waals surface area contributed by atoms with Gasteiger partial charge < -0.3 is 4.74 Å². The van der Waals surface area contributed by atoms with Gasteiger partial charge in [0.25, 0.3) is 0 Å². The second kappa shape index (κ2) is 4.80. The SMILES string of the molecule is CCOc1ccc(-n2nc(C)c(C)c2Cl)cc1. The van der Waals surface area contributed by atoms with Crippen LogP contribution in [0.3, 0.4) is 0 Å². The predicted octanol–water partition coefficient (Wildman–Crippen LogP) is 3.54. The van der Waals surface area contributed by atoms with Crippen molar-refractivity contribution < 1.29 is 4.74 Å². The quantitative estimate of drug-likeness (QED) is 0.833. The maximum Gasteiger partial charge on any atom is 0.136 e. The first kappa shape index (κ1) is 12.0. The van der Waals surface area contributed by atoms with Gasteiger partial charge in [0.2, 0.25) is 0 Å². The normalized spacial score (nSPS) is 10.6. The molecule has 17 heavy (non-hydrogen) atoms. The average molecular weight is 251 g/mol. The van der Waals surface area contributed by atoms with Gasteiger partial charge in [0.15, 0.2) is 0 Å². The van der Waals surface area contributed by atoms with Crippen LogP contribution >= 0.6 is 11.6 Å². The number of halogens is 1. The molecular weight excluding hydrogens is 236 g/mol. The number of aryl methyl sites for hydroxylation is 1. The zero-order valence-corrected chi connectivity index (χ0v) is 11.0. The zero-order valence-electron chi connectivity index (χ0n) is 10.2. The average Bonchev–Trinajstić information content (AvgIpc) is 2.59. The van der Waals surface area contributed by atoms with E-state index >= 15 is 0 Å². The van der Waals surface area contributed by atoms with Crippen molar-refractivity contribution in [1.82, 2.24) is 9.78 Å². The van der Waals surface area contributed by atoms with Gasteiger partial charge in [0.05, 0.1) is 18.0 Å². The number of rotatable bonds is 3. The largest absolute Gasteiger partial charge is 0.494 e. The molecule has 4 heteroatoms. The van der Waals surface area contributed by atoms with Crippen LogP contribution in [-0.2, 0) is 0 Å². The van der Waals surface area contributed by atoms with Gasteiger partial charge in [-0.2, -0.15) is 5.10 Å². The van der Waals surface area contributed by atoms with Crippen LogP contribution in [0.25, 0.3) is 5.69 Å². The highest BCUT2D eigenvalue weighted by Crippen LogP contribution is 2.23. The highest BCUT2D eigenvalue weighted by Gasteiger charge is 2.10. The van der Waals surface area contributed by atoms with Crippen molar-refractivity contribution >= 4 is 11.6 Å². The lowest BCUT2D eigenvalue weighted by atomic mass is 10.3. The Morgan fingerprint density at radius 1 is 1.24 bits per heavy atom. The number of benzene rings is 1. The van der Waals surface area contributed by atoms with Crippen molar-refractivity contribution in [3.8, 4) is 11.4 Å². The molecule has 2 aromatic rings. The molecule has 0 aliphatic heterocycles. The van der Waals surface area contributed by atoms with Crippen LogP contribution in [0.15, 0.2) is 24.3 Å². The lowest BCUT2D eigenvalue weighted by molar-refractivity contribution is 0.340. The summed E-state index contributed by atoms with van der Waals surface area (Å²) in [5.41, 5.74) is 2.90. The van der Waals surface area contributed by atoms with Gasteiger partial charge in [-0.15, -0.1) is 0 Å². The van der Waals surface area contributed by atoms with Crippen molar-refractivity contribution in [2.45, 2.75) is 20.8 Å². The van der Waals surface area contributed by atoms with Crippen LogP contribution in [0, 0.1) is 13.8 Å². The van der Waals surface area contributed by atoms with Gasteiger partial charge in [-0.05, 0) is 45.0 Å². The molecule has 3 nitrogen and oxygen atoms in total. The van der Waals surface area contributed by atoms with Crippen LogP contribution in [0.2, 0.25) is 5.15 Å². The van der Waals surface area contributed by atoms with Crippen molar-refractivity contribution in [1.29, 1.82) is 0 Å². The summed E-state index contributed by atoms with van der Waals surface area (Å²) in [5, 5.41) is 5.06.